The van der Waals surface area contributed by atoms with Crippen LogP contribution < -0.4 is 11.2 Å². The molecule has 58 valence electrons. The molecule has 0 aliphatic heterocycles. The molecular formula is C7H9N3S. The van der Waals surface area contributed by atoms with Crippen LogP contribution in [0, 0.1) is 5.41 Å². The normalized spacial score (nSPS) is 9.55. The van der Waals surface area contributed by atoms with Crippen molar-refractivity contribution in [1.82, 2.24) is 4.57 Å². The van der Waals surface area contributed by atoms with Gasteiger partial charge in [-0.2, -0.15) is 0 Å². The zero-order chi connectivity index (χ0) is 8.43. The zero-order valence-corrected chi connectivity index (χ0v) is 6.98. The third-order valence-electron chi connectivity index (χ3n) is 1.42. The lowest BCUT2D eigenvalue weighted by molar-refractivity contribution is 0.815. The van der Waals surface area contributed by atoms with Crippen molar-refractivity contribution in [3.05, 3.63) is 29.4 Å². The smallest absolute Gasteiger partial charge is 0.124 e. The molecular weight excluding hydrogens is 158 g/mol. The molecule has 0 saturated carbocycles. The number of thiocarbonyl (C=S) groups is 1. The number of nitrogens with two attached hydrogens (primary N) is 1. The second-order valence-corrected chi connectivity index (χ2v) is 2.72. The second-order valence-electron chi connectivity index (χ2n) is 2.28. The first-order valence-electron chi connectivity index (χ1n) is 3.12. The molecule has 1 aromatic heterocycles. The summed E-state index contributed by atoms with van der Waals surface area (Å²) in [5.74, 6) is 0. The van der Waals surface area contributed by atoms with E-state index in [1.165, 1.54) is 0 Å². The standard InChI is InChI=1S/C7H9N3S/c1-10-4-5(7(9)11)2-3-6(10)8/h2-4,8H,1H3,(H2,9,11). The van der Waals surface area contributed by atoms with Crippen LogP contribution in [0.4, 0.5) is 0 Å². The van der Waals surface area contributed by atoms with E-state index < -0.39 is 0 Å². The highest BCUT2D eigenvalue weighted by molar-refractivity contribution is 7.80. The molecule has 3 N–H and O–H groups in total. The SMILES string of the molecule is Cn1cc(C(N)=S)ccc1=N. The van der Waals surface area contributed by atoms with Crippen molar-refractivity contribution < 1.29 is 0 Å². The third kappa shape index (κ3) is 1.65. The van der Waals surface area contributed by atoms with Gasteiger partial charge in [0, 0.05) is 18.8 Å². The number of aryl methyl sites for hydroxylation is 1. The van der Waals surface area contributed by atoms with Crippen molar-refractivity contribution in [2.24, 2.45) is 12.8 Å². The lowest BCUT2D eigenvalue weighted by Gasteiger charge is -2.01. The van der Waals surface area contributed by atoms with Gasteiger partial charge in [0.2, 0.25) is 0 Å². The summed E-state index contributed by atoms with van der Waals surface area (Å²) in [6, 6.07) is 3.40. The fraction of sp³-hybridized carbons (Fsp3) is 0.143. The minimum absolute atomic E-state index is 0.362. The van der Waals surface area contributed by atoms with Crippen molar-refractivity contribution in [1.29, 1.82) is 5.41 Å². The van der Waals surface area contributed by atoms with E-state index in [1.54, 1.807) is 29.9 Å². The van der Waals surface area contributed by atoms with Gasteiger partial charge in [-0.25, -0.2) is 0 Å². The number of nitrogens with zero attached hydrogens (tertiary/aromatic N) is 1. The molecule has 11 heavy (non-hydrogen) atoms. The quantitative estimate of drug-likeness (QED) is 0.584. The van der Waals surface area contributed by atoms with Crippen molar-refractivity contribution >= 4 is 17.2 Å². The van der Waals surface area contributed by atoms with Crippen molar-refractivity contribution in [3.8, 4) is 0 Å². The summed E-state index contributed by atoms with van der Waals surface area (Å²) in [5.41, 5.74) is 6.62. The molecule has 0 aliphatic carbocycles. The highest BCUT2D eigenvalue weighted by atomic mass is 32.1. The predicted molar refractivity (Wildman–Crippen MR) is 47.2 cm³/mol. The lowest BCUT2D eigenvalue weighted by Crippen LogP contribution is -2.19. The maximum Gasteiger partial charge on any atom is 0.124 e. The Bertz CT molecular complexity index is 340. The Kier molecular flexibility index (Phi) is 2.05. The first-order valence-corrected chi connectivity index (χ1v) is 3.53. The van der Waals surface area contributed by atoms with E-state index in [4.69, 9.17) is 23.4 Å². The Morgan fingerprint density at radius 2 is 2.27 bits per heavy atom. The Balaban J connectivity index is 3.26. The highest BCUT2D eigenvalue weighted by Gasteiger charge is 1.94. The van der Waals surface area contributed by atoms with Crippen LogP contribution in [-0.2, 0) is 7.05 Å². The van der Waals surface area contributed by atoms with E-state index in [1.807, 2.05) is 0 Å². The molecule has 0 amide bonds. The van der Waals surface area contributed by atoms with Crippen molar-refractivity contribution in [2.45, 2.75) is 0 Å². The minimum atomic E-state index is 0.362. The van der Waals surface area contributed by atoms with Gasteiger partial charge in [0.25, 0.3) is 0 Å². The number of hydrogen-bond acceptors (Lipinski definition) is 2. The van der Waals surface area contributed by atoms with Gasteiger partial charge in [-0.05, 0) is 12.1 Å². The van der Waals surface area contributed by atoms with E-state index in [2.05, 4.69) is 0 Å². The van der Waals surface area contributed by atoms with Crippen molar-refractivity contribution in [3.63, 3.8) is 0 Å². The fourth-order valence-electron chi connectivity index (χ4n) is 0.753. The summed E-state index contributed by atoms with van der Waals surface area (Å²) in [6.07, 6.45) is 1.74. The Labute approximate surface area is 70.0 Å². The average Bonchev–Trinajstić information content (AvgIpc) is 1.94. The van der Waals surface area contributed by atoms with Crippen LogP contribution in [0.3, 0.4) is 0 Å². The second kappa shape index (κ2) is 2.84. The molecule has 0 saturated heterocycles. The summed E-state index contributed by atoms with van der Waals surface area (Å²) in [4.78, 5) is 0.362. The molecule has 0 bridgehead atoms. The van der Waals surface area contributed by atoms with Crippen LogP contribution >= 0.6 is 12.2 Å². The molecule has 0 aliphatic rings. The van der Waals surface area contributed by atoms with Crippen LogP contribution in [0.5, 0.6) is 0 Å². The van der Waals surface area contributed by atoms with Gasteiger partial charge in [-0.1, -0.05) is 12.2 Å². The summed E-state index contributed by atoms with van der Waals surface area (Å²) in [6.45, 7) is 0. The molecule has 0 spiro atoms. The van der Waals surface area contributed by atoms with Gasteiger partial charge >= 0.3 is 0 Å². The number of aromatic nitrogens is 1. The Hall–Kier alpha value is -1.16. The first kappa shape index (κ1) is 7.94. The topological polar surface area (TPSA) is 54.8 Å². The van der Waals surface area contributed by atoms with Crippen molar-refractivity contribution in [2.75, 3.05) is 0 Å². The number of hydrogen-bond donors (Lipinski definition) is 2. The maximum atomic E-state index is 7.34. The highest BCUT2D eigenvalue weighted by Crippen LogP contribution is 1.92. The number of nitrogens with one attached hydrogen (secondary N) is 1. The average molecular weight is 167 g/mol. The van der Waals surface area contributed by atoms with Crippen LogP contribution in [-0.4, -0.2) is 9.56 Å². The monoisotopic (exact) mass is 167 g/mol. The van der Waals surface area contributed by atoms with E-state index in [-0.39, 0.29) is 0 Å². The fourth-order valence-corrected chi connectivity index (χ4v) is 0.874. The molecule has 0 aromatic carbocycles. The van der Waals surface area contributed by atoms with Crippen LogP contribution in [0.15, 0.2) is 18.3 Å². The van der Waals surface area contributed by atoms with Crippen LogP contribution in [0.2, 0.25) is 0 Å². The van der Waals surface area contributed by atoms with Crippen LogP contribution in [0.1, 0.15) is 5.56 Å². The Morgan fingerprint density at radius 1 is 1.64 bits per heavy atom. The zero-order valence-electron chi connectivity index (χ0n) is 6.16. The molecule has 3 nitrogen and oxygen atoms in total. The molecule has 0 radical (unpaired) electrons. The molecule has 1 rings (SSSR count). The van der Waals surface area contributed by atoms with Gasteiger partial charge in [0.15, 0.2) is 0 Å². The molecule has 0 fully saturated rings. The molecule has 4 heteroatoms. The summed E-state index contributed by atoms with van der Waals surface area (Å²) in [7, 11) is 1.78. The molecule has 1 aromatic rings. The predicted octanol–water partition coefficient (Wildman–Crippen LogP) is 0.139. The molecule has 0 unspecified atom stereocenters. The molecule has 0 atom stereocenters. The van der Waals surface area contributed by atoms with Gasteiger partial charge in [0.1, 0.15) is 10.5 Å². The van der Waals surface area contributed by atoms with E-state index in [9.17, 15) is 0 Å². The van der Waals surface area contributed by atoms with Gasteiger partial charge < -0.3 is 10.3 Å². The third-order valence-corrected chi connectivity index (χ3v) is 1.65. The summed E-state index contributed by atoms with van der Waals surface area (Å²) < 4.78 is 1.66. The lowest BCUT2D eigenvalue weighted by atomic mass is 10.3. The van der Waals surface area contributed by atoms with Gasteiger partial charge in [-0.3, -0.25) is 5.41 Å². The van der Waals surface area contributed by atoms with Gasteiger partial charge in [-0.15, -0.1) is 0 Å². The number of rotatable bonds is 1. The first-order chi connectivity index (χ1) is 5.11. The van der Waals surface area contributed by atoms with E-state index >= 15 is 0 Å². The van der Waals surface area contributed by atoms with E-state index in [0.717, 1.165) is 5.56 Å². The molecule has 1 heterocycles. The van der Waals surface area contributed by atoms with Gasteiger partial charge in [0.05, 0.1) is 0 Å². The summed E-state index contributed by atoms with van der Waals surface area (Å²) in [5, 5.41) is 7.34. The minimum Gasteiger partial charge on any atom is -0.389 e. The van der Waals surface area contributed by atoms with Crippen LogP contribution in [0.25, 0.3) is 0 Å². The summed E-state index contributed by atoms with van der Waals surface area (Å²) >= 11 is 4.77. The van der Waals surface area contributed by atoms with E-state index in [0.29, 0.717) is 10.5 Å². The maximum absolute atomic E-state index is 7.34. The Morgan fingerprint density at radius 3 is 2.73 bits per heavy atom. The number of pyridine rings is 1. The largest absolute Gasteiger partial charge is 0.389 e.